The first-order valence-electron chi connectivity index (χ1n) is 6.40. The summed E-state index contributed by atoms with van der Waals surface area (Å²) in [6.45, 7) is 1.58. The third-order valence-corrected chi connectivity index (χ3v) is 5.12. The van der Waals surface area contributed by atoms with E-state index < -0.39 is 15.9 Å². The number of benzene rings is 1. The zero-order valence-corrected chi connectivity index (χ0v) is 12.0. The number of sulfone groups is 1. The standard InChI is InChI=1S/C13H17FN2O3S/c1-9-11(14)3-2-4-12(9)16-13(17)15-10-5-7-20(18,19)8-6-10/h2-4,10H,5-8H2,1H3,(H2,15,16,17). The fourth-order valence-corrected chi connectivity index (χ4v) is 3.61. The Morgan fingerprint density at radius 2 is 1.95 bits per heavy atom. The molecule has 5 nitrogen and oxygen atoms in total. The van der Waals surface area contributed by atoms with Crippen LogP contribution in [0.3, 0.4) is 0 Å². The van der Waals surface area contributed by atoms with E-state index in [-0.39, 0.29) is 23.4 Å². The SMILES string of the molecule is Cc1c(F)cccc1NC(=O)NC1CCS(=O)(=O)CC1. The van der Waals surface area contributed by atoms with Crippen molar-refractivity contribution in [2.24, 2.45) is 0 Å². The van der Waals surface area contributed by atoms with Gasteiger partial charge >= 0.3 is 6.03 Å². The topological polar surface area (TPSA) is 75.3 Å². The Kier molecular flexibility index (Phi) is 4.27. The number of hydrogen-bond acceptors (Lipinski definition) is 3. The molecule has 2 rings (SSSR count). The molecule has 0 bridgehead atoms. The summed E-state index contributed by atoms with van der Waals surface area (Å²) >= 11 is 0. The molecule has 1 heterocycles. The first-order valence-corrected chi connectivity index (χ1v) is 8.22. The van der Waals surface area contributed by atoms with Crippen LogP contribution in [-0.2, 0) is 9.84 Å². The van der Waals surface area contributed by atoms with Crippen molar-refractivity contribution in [3.63, 3.8) is 0 Å². The molecule has 2 amide bonds. The number of halogens is 1. The molecule has 2 N–H and O–H groups in total. The van der Waals surface area contributed by atoms with Gasteiger partial charge in [0.2, 0.25) is 0 Å². The van der Waals surface area contributed by atoms with Crippen LogP contribution in [0.15, 0.2) is 18.2 Å². The number of carbonyl (C=O) groups is 1. The molecule has 0 unspecified atom stereocenters. The van der Waals surface area contributed by atoms with Crippen LogP contribution < -0.4 is 10.6 Å². The van der Waals surface area contributed by atoms with Crippen molar-refractivity contribution in [1.29, 1.82) is 0 Å². The summed E-state index contributed by atoms with van der Waals surface area (Å²) in [5.41, 5.74) is 0.778. The zero-order valence-electron chi connectivity index (χ0n) is 11.1. The molecule has 0 atom stereocenters. The number of carbonyl (C=O) groups excluding carboxylic acids is 1. The van der Waals surface area contributed by atoms with Crippen molar-refractivity contribution >= 4 is 21.6 Å². The third kappa shape index (κ3) is 3.69. The van der Waals surface area contributed by atoms with Gasteiger partial charge in [-0.05, 0) is 31.9 Å². The van der Waals surface area contributed by atoms with Crippen molar-refractivity contribution in [2.75, 3.05) is 16.8 Å². The first-order chi connectivity index (χ1) is 9.37. The van der Waals surface area contributed by atoms with Gasteiger partial charge < -0.3 is 10.6 Å². The van der Waals surface area contributed by atoms with Crippen molar-refractivity contribution in [3.8, 4) is 0 Å². The fraction of sp³-hybridized carbons (Fsp3) is 0.462. The molecule has 0 spiro atoms. The van der Waals surface area contributed by atoms with E-state index in [0.717, 1.165) is 0 Å². The van der Waals surface area contributed by atoms with Crippen LogP contribution in [0.2, 0.25) is 0 Å². The second kappa shape index (κ2) is 5.78. The molecule has 1 aliphatic rings. The Bertz CT molecular complexity index is 602. The van der Waals surface area contributed by atoms with Crippen molar-refractivity contribution < 1.29 is 17.6 Å². The molecule has 1 saturated heterocycles. The summed E-state index contributed by atoms with van der Waals surface area (Å²) in [7, 11) is -2.94. The maximum absolute atomic E-state index is 13.3. The molecule has 1 aliphatic heterocycles. The maximum atomic E-state index is 13.3. The zero-order chi connectivity index (χ0) is 14.8. The Hall–Kier alpha value is -1.63. The molecule has 0 radical (unpaired) electrons. The minimum atomic E-state index is -2.94. The number of urea groups is 1. The van der Waals surface area contributed by atoms with Crippen LogP contribution in [0.1, 0.15) is 18.4 Å². The van der Waals surface area contributed by atoms with Crippen LogP contribution in [0.25, 0.3) is 0 Å². The molecule has 0 aliphatic carbocycles. The molecular formula is C13H17FN2O3S. The van der Waals surface area contributed by atoms with E-state index in [1.807, 2.05) is 0 Å². The van der Waals surface area contributed by atoms with E-state index in [9.17, 15) is 17.6 Å². The molecule has 7 heteroatoms. The first kappa shape index (κ1) is 14.8. The highest BCUT2D eigenvalue weighted by molar-refractivity contribution is 7.91. The molecule has 0 aromatic heterocycles. The number of hydrogen-bond donors (Lipinski definition) is 2. The van der Waals surface area contributed by atoms with Crippen molar-refractivity contribution in [3.05, 3.63) is 29.6 Å². The van der Waals surface area contributed by atoms with E-state index in [1.165, 1.54) is 12.1 Å². The van der Waals surface area contributed by atoms with Gasteiger partial charge in [-0.3, -0.25) is 0 Å². The minimum absolute atomic E-state index is 0.0942. The van der Waals surface area contributed by atoms with E-state index in [0.29, 0.717) is 24.1 Å². The summed E-state index contributed by atoms with van der Waals surface area (Å²) < 4.78 is 35.9. The van der Waals surface area contributed by atoms with Gasteiger partial charge in [-0.1, -0.05) is 6.07 Å². The Balaban J connectivity index is 1.92. The second-order valence-corrected chi connectivity index (χ2v) is 7.24. The summed E-state index contributed by atoms with van der Waals surface area (Å²) in [5.74, 6) is -0.194. The summed E-state index contributed by atoms with van der Waals surface area (Å²) in [6, 6.07) is 3.86. The molecular weight excluding hydrogens is 283 g/mol. The summed E-state index contributed by atoms with van der Waals surface area (Å²) in [5, 5.41) is 5.29. The molecule has 1 fully saturated rings. The lowest BCUT2D eigenvalue weighted by atomic mass is 10.1. The van der Waals surface area contributed by atoms with E-state index in [4.69, 9.17) is 0 Å². The third-order valence-electron chi connectivity index (χ3n) is 3.41. The minimum Gasteiger partial charge on any atom is -0.335 e. The Labute approximate surface area is 117 Å². The monoisotopic (exact) mass is 300 g/mol. The number of anilines is 1. The predicted octanol–water partition coefficient (Wildman–Crippen LogP) is 1.83. The van der Waals surface area contributed by atoms with Crippen molar-refractivity contribution in [2.45, 2.75) is 25.8 Å². The lowest BCUT2D eigenvalue weighted by molar-refractivity contribution is 0.247. The van der Waals surface area contributed by atoms with Gasteiger partial charge in [-0.15, -0.1) is 0 Å². The largest absolute Gasteiger partial charge is 0.335 e. The number of rotatable bonds is 2. The van der Waals surface area contributed by atoms with Gasteiger partial charge in [0.1, 0.15) is 15.7 Å². The van der Waals surface area contributed by atoms with E-state index in [1.54, 1.807) is 13.0 Å². The maximum Gasteiger partial charge on any atom is 0.319 e. The van der Waals surface area contributed by atoms with Crippen LogP contribution in [0.5, 0.6) is 0 Å². The average molecular weight is 300 g/mol. The highest BCUT2D eigenvalue weighted by atomic mass is 32.2. The smallest absolute Gasteiger partial charge is 0.319 e. The van der Waals surface area contributed by atoms with Gasteiger partial charge in [-0.25, -0.2) is 17.6 Å². The quantitative estimate of drug-likeness (QED) is 0.875. The van der Waals surface area contributed by atoms with Gasteiger partial charge in [-0.2, -0.15) is 0 Å². The number of nitrogens with one attached hydrogen (secondary N) is 2. The molecule has 110 valence electrons. The molecule has 20 heavy (non-hydrogen) atoms. The summed E-state index contributed by atoms with van der Waals surface area (Å²) in [6.07, 6.45) is 0.829. The van der Waals surface area contributed by atoms with E-state index in [2.05, 4.69) is 10.6 Å². The predicted molar refractivity (Wildman–Crippen MR) is 75.0 cm³/mol. The van der Waals surface area contributed by atoms with Crippen LogP contribution >= 0.6 is 0 Å². The van der Waals surface area contributed by atoms with Crippen LogP contribution in [0, 0.1) is 12.7 Å². The Morgan fingerprint density at radius 3 is 2.60 bits per heavy atom. The van der Waals surface area contributed by atoms with Crippen LogP contribution in [-0.4, -0.2) is 32.0 Å². The second-order valence-electron chi connectivity index (χ2n) is 4.94. The number of amides is 2. The van der Waals surface area contributed by atoms with Gasteiger partial charge in [0.15, 0.2) is 0 Å². The fourth-order valence-electron chi connectivity index (χ4n) is 2.12. The molecule has 1 aromatic rings. The Morgan fingerprint density at radius 1 is 1.30 bits per heavy atom. The highest BCUT2D eigenvalue weighted by Gasteiger charge is 2.24. The molecule has 0 saturated carbocycles. The average Bonchev–Trinajstić information content (AvgIpc) is 2.38. The van der Waals surface area contributed by atoms with E-state index >= 15 is 0 Å². The highest BCUT2D eigenvalue weighted by Crippen LogP contribution is 2.17. The van der Waals surface area contributed by atoms with Gasteiger partial charge in [0, 0.05) is 17.3 Å². The van der Waals surface area contributed by atoms with Gasteiger partial charge in [0.05, 0.1) is 11.5 Å². The molecule has 1 aromatic carbocycles. The van der Waals surface area contributed by atoms with Crippen LogP contribution in [0.4, 0.5) is 14.9 Å². The normalized spacial score (nSPS) is 18.5. The summed E-state index contributed by atoms with van der Waals surface area (Å²) in [4.78, 5) is 11.8. The van der Waals surface area contributed by atoms with Gasteiger partial charge in [0.25, 0.3) is 0 Å². The van der Waals surface area contributed by atoms with Crippen molar-refractivity contribution in [1.82, 2.24) is 5.32 Å². The lowest BCUT2D eigenvalue weighted by Crippen LogP contribution is -2.42. The lowest BCUT2D eigenvalue weighted by Gasteiger charge is -2.23.